The molecule has 1 aromatic carbocycles. The number of ether oxygens (including phenoxy) is 1. The second kappa shape index (κ2) is 5.25. The molecular formula is C12H17F2NO. The molecule has 16 heavy (non-hydrogen) atoms. The van der Waals surface area contributed by atoms with E-state index in [0.29, 0.717) is 12.4 Å². The maximum absolute atomic E-state index is 12.9. The fourth-order valence-electron chi connectivity index (χ4n) is 1.37. The Hall–Kier alpha value is -1.16. The third kappa shape index (κ3) is 3.77. The van der Waals surface area contributed by atoms with Crippen LogP contribution in [0.5, 0.6) is 5.75 Å². The first-order valence-corrected chi connectivity index (χ1v) is 5.17. The molecule has 0 spiro atoms. The number of hydrogen-bond acceptors (Lipinski definition) is 2. The van der Waals surface area contributed by atoms with Crippen LogP contribution < -0.4 is 10.1 Å². The summed E-state index contributed by atoms with van der Waals surface area (Å²) < 4.78 is 30.9. The van der Waals surface area contributed by atoms with E-state index in [1.54, 1.807) is 0 Å². The molecule has 1 rings (SSSR count). The van der Waals surface area contributed by atoms with Crippen LogP contribution in [0.2, 0.25) is 0 Å². The van der Waals surface area contributed by atoms with Crippen molar-refractivity contribution >= 4 is 0 Å². The quantitative estimate of drug-likeness (QED) is 0.838. The average molecular weight is 229 g/mol. The van der Waals surface area contributed by atoms with E-state index in [2.05, 4.69) is 5.32 Å². The van der Waals surface area contributed by atoms with Gasteiger partial charge in [-0.1, -0.05) is 13.8 Å². The van der Waals surface area contributed by atoms with Crippen molar-refractivity contribution in [1.82, 2.24) is 5.32 Å². The highest BCUT2D eigenvalue weighted by Gasteiger charge is 2.18. The average Bonchev–Trinajstić information content (AvgIpc) is 2.20. The van der Waals surface area contributed by atoms with E-state index in [1.807, 2.05) is 20.9 Å². The van der Waals surface area contributed by atoms with Gasteiger partial charge in [-0.3, -0.25) is 0 Å². The van der Waals surface area contributed by atoms with Crippen LogP contribution in [0.4, 0.5) is 8.78 Å². The van der Waals surface area contributed by atoms with Crippen molar-refractivity contribution in [2.24, 2.45) is 5.41 Å². The standard InChI is InChI=1S/C12H17F2NO/c1-12(2,7-15-3)8-16-9-4-5-10(13)11(14)6-9/h4-6,15H,7-8H2,1-3H3. The molecule has 0 aliphatic carbocycles. The Labute approximate surface area is 94.6 Å². The topological polar surface area (TPSA) is 21.3 Å². The van der Waals surface area contributed by atoms with Gasteiger partial charge < -0.3 is 10.1 Å². The second-order valence-corrected chi connectivity index (χ2v) is 4.56. The van der Waals surface area contributed by atoms with Crippen molar-refractivity contribution in [3.05, 3.63) is 29.8 Å². The van der Waals surface area contributed by atoms with Gasteiger partial charge in [0.2, 0.25) is 0 Å². The molecule has 0 saturated heterocycles. The summed E-state index contributed by atoms with van der Waals surface area (Å²) in [6, 6.07) is 3.55. The molecule has 4 heteroatoms. The fourth-order valence-corrected chi connectivity index (χ4v) is 1.37. The lowest BCUT2D eigenvalue weighted by Gasteiger charge is -2.24. The number of benzene rings is 1. The molecule has 0 heterocycles. The summed E-state index contributed by atoms with van der Waals surface area (Å²) in [7, 11) is 1.86. The number of rotatable bonds is 5. The highest BCUT2D eigenvalue weighted by atomic mass is 19.2. The van der Waals surface area contributed by atoms with E-state index in [9.17, 15) is 8.78 Å². The molecular weight excluding hydrogens is 212 g/mol. The van der Waals surface area contributed by atoms with Gasteiger partial charge in [-0.05, 0) is 19.2 Å². The Bertz CT molecular complexity index is 353. The van der Waals surface area contributed by atoms with E-state index in [4.69, 9.17) is 4.74 Å². The Balaban J connectivity index is 2.57. The zero-order valence-electron chi connectivity index (χ0n) is 9.81. The molecule has 0 atom stereocenters. The Morgan fingerprint density at radius 2 is 1.94 bits per heavy atom. The van der Waals surface area contributed by atoms with Gasteiger partial charge >= 0.3 is 0 Å². The van der Waals surface area contributed by atoms with Gasteiger partial charge in [0.25, 0.3) is 0 Å². The zero-order chi connectivity index (χ0) is 12.2. The second-order valence-electron chi connectivity index (χ2n) is 4.56. The van der Waals surface area contributed by atoms with E-state index < -0.39 is 11.6 Å². The summed E-state index contributed by atoms with van der Waals surface area (Å²) in [4.78, 5) is 0. The van der Waals surface area contributed by atoms with E-state index in [0.717, 1.165) is 18.7 Å². The minimum atomic E-state index is -0.885. The first-order chi connectivity index (χ1) is 7.44. The largest absolute Gasteiger partial charge is 0.493 e. The van der Waals surface area contributed by atoms with Crippen molar-refractivity contribution in [1.29, 1.82) is 0 Å². The lowest BCUT2D eigenvalue weighted by Crippen LogP contribution is -2.32. The van der Waals surface area contributed by atoms with Crippen molar-refractivity contribution in [3.63, 3.8) is 0 Å². The lowest BCUT2D eigenvalue weighted by atomic mass is 9.95. The van der Waals surface area contributed by atoms with Gasteiger partial charge in [0.05, 0.1) is 6.61 Å². The molecule has 1 aromatic rings. The first-order valence-electron chi connectivity index (χ1n) is 5.17. The van der Waals surface area contributed by atoms with Crippen molar-refractivity contribution in [2.75, 3.05) is 20.2 Å². The summed E-state index contributed by atoms with van der Waals surface area (Å²) in [5, 5.41) is 3.05. The molecule has 1 N–H and O–H groups in total. The number of nitrogens with one attached hydrogen (secondary N) is 1. The van der Waals surface area contributed by atoms with E-state index >= 15 is 0 Å². The van der Waals surface area contributed by atoms with Crippen molar-refractivity contribution in [3.8, 4) is 5.75 Å². The molecule has 0 unspecified atom stereocenters. The molecule has 0 aliphatic rings. The number of halogens is 2. The Kier molecular flexibility index (Phi) is 4.24. The molecule has 0 saturated carbocycles. The lowest BCUT2D eigenvalue weighted by molar-refractivity contribution is 0.178. The minimum Gasteiger partial charge on any atom is -0.493 e. The Morgan fingerprint density at radius 3 is 2.50 bits per heavy atom. The SMILES string of the molecule is CNCC(C)(C)COc1ccc(F)c(F)c1. The zero-order valence-corrected chi connectivity index (χ0v) is 9.81. The van der Waals surface area contributed by atoms with Gasteiger partial charge in [0.1, 0.15) is 5.75 Å². The summed E-state index contributed by atoms with van der Waals surface area (Å²) in [6.45, 7) is 5.29. The van der Waals surface area contributed by atoms with Gasteiger partial charge in [-0.15, -0.1) is 0 Å². The highest BCUT2D eigenvalue weighted by Crippen LogP contribution is 2.19. The fraction of sp³-hybridized carbons (Fsp3) is 0.500. The van der Waals surface area contributed by atoms with Crippen LogP contribution in [0.3, 0.4) is 0 Å². The minimum absolute atomic E-state index is 0.0559. The van der Waals surface area contributed by atoms with Crippen LogP contribution in [0.25, 0.3) is 0 Å². The van der Waals surface area contributed by atoms with Crippen LogP contribution in [0.1, 0.15) is 13.8 Å². The molecule has 0 amide bonds. The predicted molar refractivity (Wildman–Crippen MR) is 59.6 cm³/mol. The monoisotopic (exact) mass is 229 g/mol. The molecule has 90 valence electrons. The maximum atomic E-state index is 12.9. The smallest absolute Gasteiger partial charge is 0.162 e. The highest BCUT2D eigenvalue weighted by molar-refractivity contribution is 5.23. The van der Waals surface area contributed by atoms with E-state index in [1.165, 1.54) is 6.07 Å². The van der Waals surface area contributed by atoms with Gasteiger partial charge in [-0.2, -0.15) is 0 Å². The summed E-state index contributed by atoms with van der Waals surface area (Å²) >= 11 is 0. The van der Waals surface area contributed by atoms with Crippen LogP contribution in [0, 0.1) is 17.0 Å². The molecule has 2 nitrogen and oxygen atoms in total. The van der Waals surface area contributed by atoms with Crippen molar-refractivity contribution < 1.29 is 13.5 Å². The van der Waals surface area contributed by atoms with Crippen LogP contribution in [-0.4, -0.2) is 20.2 Å². The molecule has 0 radical (unpaired) electrons. The van der Waals surface area contributed by atoms with Crippen LogP contribution >= 0.6 is 0 Å². The summed E-state index contributed by atoms with van der Waals surface area (Å²) in [5.41, 5.74) is -0.0559. The molecule has 0 aliphatic heterocycles. The summed E-state index contributed by atoms with van der Waals surface area (Å²) in [5.74, 6) is -1.39. The summed E-state index contributed by atoms with van der Waals surface area (Å²) in [6.07, 6.45) is 0. The number of hydrogen-bond donors (Lipinski definition) is 1. The maximum Gasteiger partial charge on any atom is 0.162 e. The first kappa shape index (κ1) is 12.9. The van der Waals surface area contributed by atoms with Crippen molar-refractivity contribution in [2.45, 2.75) is 13.8 Å². The van der Waals surface area contributed by atoms with Crippen LogP contribution in [0.15, 0.2) is 18.2 Å². The third-order valence-electron chi connectivity index (χ3n) is 2.18. The normalized spacial score (nSPS) is 11.6. The van der Waals surface area contributed by atoms with Gasteiger partial charge in [-0.25, -0.2) is 8.78 Å². The molecule has 0 aromatic heterocycles. The molecule has 0 fully saturated rings. The predicted octanol–water partition coefficient (Wildman–Crippen LogP) is 2.59. The Morgan fingerprint density at radius 1 is 1.25 bits per heavy atom. The third-order valence-corrected chi connectivity index (χ3v) is 2.18. The molecule has 0 bridgehead atoms. The van der Waals surface area contributed by atoms with Crippen LogP contribution in [-0.2, 0) is 0 Å². The van der Waals surface area contributed by atoms with Gasteiger partial charge in [0, 0.05) is 18.0 Å². The van der Waals surface area contributed by atoms with E-state index in [-0.39, 0.29) is 5.41 Å². The van der Waals surface area contributed by atoms with Gasteiger partial charge in [0.15, 0.2) is 11.6 Å².